The van der Waals surface area contributed by atoms with Crippen LogP contribution in [0.4, 0.5) is 0 Å². The zero-order chi connectivity index (χ0) is 13.5. The number of benzene rings is 1. The van der Waals surface area contributed by atoms with Crippen molar-refractivity contribution in [3.05, 3.63) is 52.4 Å². The first-order valence-electron chi connectivity index (χ1n) is 6.53. The highest BCUT2D eigenvalue weighted by molar-refractivity contribution is 7.16. The molecule has 1 heterocycles. The highest BCUT2D eigenvalue weighted by Crippen LogP contribution is 2.33. The molecule has 0 radical (unpaired) electrons. The Hall–Kier alpha value is -1.09. The summed E-state index contributed by atoms with van der Waals surface area (Å²) >= 11 is 7.97. The minimum Gasteiger partial charge on any atom is -0.313 e. The molecule has 0 bridgehead atoms. The summed E-state index contributed by atoms with van der Waals surface area (Å²) in [6.07, 6.45) is 5.50. The van der Waals surface area contributed by atoms with E-state index in [1.807, 2.05) is 18.2 Å². The molecule has 100 valence electrons. The maximum atomic E-state index is 6.21. The van der Waals surface area contributed by atoms with Gasteiger partial charge in [0.05, 0.1) is 0 Å². The van der Waals surface area contributed by atoms with E-state index in [1.54, 1.807) is 11.3 Å². The van der Waals surface area contributed by atoms with Gasteiger partial charge in [0.25, 0.3) is 0 Å². The molecule has 1 aromatic carbocycles. The SMILES string of the molecule is CCCNCC=Cc1ccc(-c2ccccc2Cl)s1. The molecule has 1 nitrogen and oxygen atoms in total. The fourth-order valence-corrected chi connectivity index (χ4v) is 3.06. The first-order valence-corrected chi connectivity index (χ1v) is 7.72. The zero-order valence-corrected chi connectivity index (χ0v) is 12.6. The van der Waals surface area contributed by atoms with Gasteiger partial charge in [-0.1, -0.05) is 42.8 Å². The van der Waals surface area contributed by atoms with Crippen molar-refractivity contribution >= 4 is 29.0 Å². The molecule has 0 saturated carbocycles. The molecular weight excluding hydrogens is 274 g/mol. The number of hydrogen-bond acceptors (Lipinski definition) is 2. The standard InChI is InChI=1S/C16H18ClNS/c1-2-11-18-12-5-6-13-9-10-16(19-13)14-7-3-4-8-15(14)17/h3-10,18H,2,11-12H2,1H3. The maximum Gasteiger partial charge on any atom is 0.0492 e. The van der Waals surface area contributed by atoms with Gasteiger partial charge in [0, 0.05) is 26.9 Å². The lowest BCUT2D eigenvalue weighted by molar-refractivity contribution is 0.730. The summed E-state index contributed by atoms with van der Waals surface area (Å²) in [5, 5.41) is 4.16. The van der Waals surface area contributed by atoms with Crippen LogP contribution in [0.25, 0.3) is 16.5 Å². The molecule has 0 aliphatic carbocycles. The summed E-state index contributed by atoms with van der Waals surface area (Å²) in [5.41, 5.74) is 1.11. The highest BCUT2D eigenvalue weighted by Gasteiger charge is 2.04. The van der Waals surface area contributed by atoms with Crippen LogP contribution < -0.4 is 5.32 Å². The molecule has 0 spiro atoms. The van der Waals surface area contributed by atoms with Crippen molar-refractivity contribution in [1.82, 2.24) is 5.32 Å². The van der Waals surface area contributed by atoms with Gasteiger partial charge in [-0.05, 0) is 37.2 Å². The Bertz CT molecular complexity index is 545. The molecule has 0 aliphatic rings. The summed E-state index contributed by atoms with van der Waals surface area (Å²) < 4.78 is 0. The minimum absolute atomic E-state index is 0.810. The lowest BCUT2D eigenvalue weighted by Gasteiger charge is -1.99. The van der Waals surface area contributed by atoms with E-state index < -0.39 is 0 Å². The van der Waals surface area contributed by atoms with Gasteiger partial charge >= 0.3 is 0 Å². The highest BCUT2D eigenvalue weighted by atomic mass is 35.5. The van der Waals surface area contributed by atoms with E-state index in [0.29, 0.717) is 0 Å². The third-order valence-electron chi connectivity index (χ3n) is 2.74. The van der Waals surface area contributed by atoms with Crippen molar-refractivity contribution in [3.8, 4) is 10.4 Å². The second kappa shape index (κ2) is 7.49. The molecule has 0 fully saturated rings. The van der Waals surface area contributed by atoms with Crippen molar-refractivity contribution in [2.75, 3.05) is 13.1 Å². The van der Waals surface area contributed by atoms with Gasteiger partial charge in [-0.3, -0.25) is 0 Å². The largest absolute Gasteiger partial charge is 0.313 e. The Morgan fingerprint density at radius 1 is 1.21 bits per heavy atom. The number of halogens is 1. The van der Waals surface area contributed by atoms with E-state index in [1.165, 1.54) is 16.2 Å². The lowest BCUT2D eigenvalue weighted by Crippen LogP contribution is -2.13. The molecule has 0 aliphatic heterocycles. The average Bonchev–Trinajstić information content (AvgIpc) is 2.88. The Morgan fingerprint density at radius 3 is 2.84 bits per heavy atom. The van der Waals surface area contributed by atoms with E-state index in [-0.39, 0.29) is 0 Å². The van der Waals surface area contributed by atoms with Crippen molar-refractivity contribution in [2.24, 2.45) is 0 Å². The lowest BCUT2D eigenvalue weighted by atomic mass is 10.2. The van der Waals surface area contributed by atoms with Gasteiger partial charge in [-0.15, -0.1) is 11.3 Å². The van der Waals surface area contributed by atoms with Crippen LogP contribution in [-0.2, 0) is 0 Å². The molecule has 0 saturated heterocycles. The molecule has 0 unspecified atom stereocenters. The van der Waals surface area contributed by atoms with E-state index in [4.69, 9.17) is 11.6 Å². The molecular formula is C16H18ClNS. The van der Waals surface area contributed by atoms with Crippen molar-refractivity contribution in [3.63, 3.8) is 0 Å². The summed E-state index contributed by atoms with van der Waals surface area (Å²) in [6, 6.07) is 12.2. The normalized spacial score (nSPS) is 11.3. The van der Waals surface area contributed by atoms with Gasteiger partial charge in [0.15, 0.2) is 0 Å². The number of thiophene rings is 1. The van der Waals surface area contributed by atoms with Crippen LogP contribution in [0.3, 0.4) is 0 Å². The number of hydrogen-bond donors (Lipinski definition) is 1. The Labute approximate surface area is 123 Å². The molecule has 2 aromatic rings. The van der Waals surface area contributed by atoms with Crippen LogP contribution in [-0.4, -0.2) is 13.1 Å². The van der Waals surface area contributed by atoms with Crippen LogP contribution in [0.15, 0.2) is 42.5 Å². The van der Waals surface area contributed by atoms with Crippen LogP contribution in [0.5, 0.6) is 0 Å². The zero-order valence-electron chi connectivity index (χ0n) is 11.0. The second-order valence-electron chi connectivity index (χ2n) is 4.29. The van der Waals surface area contributed by atoms with Gasteiger partial charge < -0.3 is 5.32 Å². The fraction of sp³-hybridized carbons (Fsp3) is 0.250. The monoisotopic (exact) mass is 291 g/mol. The van der Waals surface area contributed by atoms with E-state index in [9.17, 15) is 0 Å². The molecule has 0 amide bonds. The summed E-state index contributed by atoms with van der Waals surface area (Å²) in [6.45, 7) is 4.17. The number of rotatable bonds is 6. The summed E-state index contributed by atoms with van der Waals surface area (Å²) in [5.74, 6) is 0. The predicted molar refractivity (Wildman–Crippen MR) is 87.0 cm³/mol. The maximum absolute atomic E-state index is 6.21. The third-order valence-corrected chi connectivity index (χ3v) is 4.15. The Morgan fingerprint density at radius 2 is 2.05 bits per heavy atom. The Kier molecular flexibility index (Phi) is 5.64. The van der Waals surface area contributed by atoms with Crippen molar-refractivity contribution < 1.29 is 0 Å². The van der Waals surface area contributed by atoms with Gasteiger partial charge in [0.1, 0.15) is 0 Å². The summed E-state index contributed by atoms with van der Waals surface area (Å²) in [7, 11) is 0. The van der Waals surface area contributed by atoms with Gasteiger partial charge in [-0.2, -0.15) is 0 Å². The second-order valence-corrected chi connectivity index (χ2v) is 5.81. The molecule has 0 atom stereocenters. The minimum atomic E-state index is 0.810. The fourth-order valence-electron chi connectivity index (χ4n) is 1.79. The first-order chi connectivity index (χ1) is 9.31. The predicted octanol–water partition coefficient (Wildman–Crippen LogP) is 5.08. The van der Waals surface area contributed by atoms with E-state index >= 15 is 0 Å². The summed E-state index contributed by atoms with van der Waals surface area (Å²) in [4.78, 5) is 2.47. The van der Waals surface area contributed by atoms with E-state index in [0.717, 1.165) is 23.7 Å². The quantitative estimate of drug-likeness (QED) is 0.732. The third kappa shape index (κ3) is 4.20. The first kappa shape index (κ1) is 14.3. The van der Waals surface area contributed by atoms with Crippen molar-refractivity contribution in [2.45, 2.75) is 13.3 Å². The topological polar surface area (TPSA) is 12.0 Å². The molecule has 1 aromatic heterocycles. The van der Waals surface area contributed by atoms with Crippen LogP contribution in [0.1, 0.15) is 18.2 Å². The van der Waals surface area contributed by atoms with Crippen LogP contribution in [0.2, 0.25) is 5.02 Å². The van der Waals surface area contributed by atoms with Crippen molar-refractivity contribution in [1.29, 1.82) is 0 Å². The average molecular weight is 292 g/mol. The smallest absolute Gasteiger partial charge is 0.0492 e. The molecule has 3 heteroatoms. The molecule has 19 heavy (non-hydrogen) atoms. The van der Waals surface area contributed by atoms with Crippen LogP contribution >= 0.6 is 22.9 Å². The molecule has 2 rings (SSSR count). The van der Waals surface area contributed by atoms with Gasteiger partial charge in [0.2, 0.25) is 0 Å². The van der Waals surface area contributed by atoms with E-state index in [2.05, 4.69) is 42.6 Å². The van der Waals surface area contributed by atoms with Gasteiger partial charge in [-0.25, -0.2) is 0 Å². The Balaban J connectivity index is 2.01. The van der Waals surface area contributed by atoms with Crippen LogP contribution in [0, 0.1) is 0 Å². The number of nitrogens with one attached hydrogen (secondary N) is 1. The molecule has 1 N–H and O–H groups in total.